The van der Waals surface area contributed by atoms with Crippen molar-refractivity contribution in [2.75, 3.05) is 38.9 Å². The summed E-state index contributed by atoms with van der Waals surface area (Å²) >= 11 is 6.32. The van der Waals surface area contributed by atoms with Gasteiger partial charge in [0.15, 0.2) is 5.75 Å². The van der Waals surface area contributed by atoms with Crippen molar-refractivity contribution in [3.8, 4) is 22.8 Å². The second kappa shape index (κ2) is 9.52. The number of nitrogens with one attached hydrogen (secondary N) is 3. The van der Waals surface area contributed by atoms with Crippen LogP contribution in [0.15, 0.2) is 36.7 Å². The first-order valence-corrected chi connectivity index (χ1v) is 11.4. The van der Waals surface area contributed by atoms with Gasteiger partial charge >= 0.3 is 0 Å². The third-order valence-corrected chi connectivity index (χ3v) is 6.36. The largest absolute Gasteiger partial charge is 0.493 e. The molecule has 1 saturated heterocycles. The van der Waals surface area contributed by atoms with Gasteiger partial charge in [-0.05, 0) is 18.2 Å². The number of hydrogen-bond acceptors (Lipinski definition) is 6. The predicted molar refractivity (Wildman–Crippen MR) is 126 cm³/mol. The number of benzene rings is 1. The number of aromatic nitrogens is 2. The van der Waals surface area contributed by atoms with Gasteiger partial charge in [0.05, 0.1) is 53.7 Å². The van der Waals surface area contributed by atoms with E-state index in [1.165, 1.54) is 7.11 Å². The number of alkyl halides is 1. The second-order valence-electron chi connectivity index (χ2n) is 8.13. The summed E-state index contributed by atoms with van der Waals surface area (Å²) in [6.45, 7) is 0.705. The van der Waals surface area contributed by atoms with Gasteiger partial charge in [-0.15, -0.1) is 0 Å². The van der Waals surface area contributed by atoms with Crippen molar-refractivity contribution < 1.29 is 23.4 Å². The summed E-state index contributed by atoms with van der Waals surface area (Å²) in [5.74, 6) is 0.148. The second-order valence-corrected chi connectivity index (χ2v) is 8.54. The van der Waals surface area contributed by atoms with Crippen LogP contribution in [0.1, 0.15) is 28.4 Å². The molecule has 0 bridgehead atoms. The molecule has 2 aliphatic rings. The number of rotatable bonds is 8. The van der Waals surface area contributed by atoms with Crippen molar-refractivity contribution in [2.45, 2.75) is 18.4 Å². The molecule has 10 heteroatoms. The Bertz CT molecular complexity index is 1210. The molecule has 3 N–H and O–H groups in total. The van der Waals surface area contributed by atoms with Crippen molar-refractivity contribution >= 4 is 28.9 Å². The van der Waals surface area contributed by atoms with Gasteiger partial charge in [-0.2, -0.15) is 0 Å². The lowest BCUT2D eigenvalue weighted by Crippen LogP contribution is -2.35. The highest BCUT2D eigenvalue weighted by Crippen LogP contribution is 2.44. The molecule has 0 unspecified atom stereocenters. The van der Waals surface area contributed by atoms with E-state index >= 15 is 0 Å². The highest BCUT2D eigenvalue weighted by Gasteiger charge is 2.34. The number of anilines is 2. The Labute approximate surface area is 200 Å². The van der Waals surface area contributed by atoms with E-state index in [1.807, 2.05) is 0 Å². The maximum atomic E-state index is 13.9. The number of ether oxygens (including phenoxy) is 3. The van der Waals surface area contributed by atoms with E-state index in [1.54, 1.807) is 36.7 Å². The maximum Gasteiger partial charge on any atom is 0.255 e. The number of hydrogen-bond donors (Lipinski definition) is 3. The van der Waals surface area contributed by atoms with Gasteiger partial charge in [-0.1, -0.05) is 17.7 Å². The van der Waals surface area contributed by atoms with Crippen molar-refractivity contribution in [1.29, 1.82) is 0 Å². The molecule has 0 aliphatic carbocycles. The first-order valence-electron chi connectivity index (χ1n) is 11.0. The van der Waals surface area contributed by atoms with Crippen LogP contribution in [0.3, 0.4) is 0 Å². The number of aromatic amines is 1. The van der Waals surface area contributed by atoms with Crippen LogP contribution in [0.25, 0.3) is 11.3 Å². The molecular formula is C24H24ClFN4O4. The molecule has 1 amide bonds. The number of carbonyl (C=O) groups excluding carboxylic acids is 1. The summed E-state index contributed by atoms with van der Waals surface area (Å²) in [5.41, 5.74) is 3.16. The number of pyridine rings is 1. The zero-order valence-corrected chi connectivity index (χ0v) is 19.2. The monoisotopic (exact) mass is 486 g/mol. The van der Waals surface area contributed by atoms with Gasteiger partial charge in [-0.3, -0.25) is 14.2 Å². The number of fused-ring (bicyclic) bond motifs is 1. The Morgan fingerprint density at radius 1 is 1.35 bits per heavy atom. The minimum absolute atomic E-state index is 0.0416. The number of para-hydroxylation sites is 1. The van der Waals surface area contributed by atoms with E-state index < -0.39 is 12.6 Å². The smallest absolute Gasteiger partial charge is 0.255 e. The zero-order chi connectivity index (χ0) is 23.7. The van der Waals surface area contributed by atoms with E-state index in [-0.39, 0.29) is 18.6 Å². The maximum absolute atomic E-state index is 13.9. The topological polar surface area (TPSA) is 97.5 Å². The summed E-state index contributed by atoms with van der Waals surface area (Å²) in [5, 5.41) is 6.50. The molecule has 0 spiro atoms. The Hall–Kier alpha value is -3.30. The van der Waals surface area contributed by atoms with E-state index in [0.29, 0.717) is 57.0 Å². The fourth-order valence-electron chi connectivity index (χ4n) is 4.18. The van der Waals surface area contributed by atoms with Gasteiger partial charge < -0.3 is 29.8 Å². The van der Waals surface area contributed by atoms with Crippen molar-refractivity contribution in [1.82, 2.24) is 15.3 Å². The molecule has 5 rings (SSSR count). The molecule has 8 nitrogen and oxygen atoms in total. The molecule has 178 valence electrons. The van der Waals surface area contributed by atoms with Crippen LogP contribution in [0.4, 0.5) is 15.8 Å². The van der Waals surface area contributed by atoms with Crippen LogP contribution in [-0.2, 0) is 4.74 Å². The van der Waals surface area contributed by atoms with Crippen molar-refractivity contribution in [2.24, 2.45) is 0 Å². The highest BCUT2D eigenvalue weighted by atomic mass is 35.5. The summed E-state index contributed by atoms with van der Waals surface area (Å²) in [4.78, 5) is 20.5. The Balaban J connectivity index is 1.63. The Kier molecular flexibility index (Phi) is 6.30. The number of methoxy groups -OCH3 is 1. The molecule has 34 heavy (non-hydrogen) atoms. The van der Waals surface area contributed by atoms with Crippen molar-refractivity contribution in [3.63, 3.8) is 0 Å². The molecule has 0 radical (unpaired) electrons. The summed E-state index contributed by atoms with van der Waals surface area (Å²) in [6, 6.07) is 7.06. The summed E-state index contributed by atoms with van der Waals surface area (Å²) in [7, 11) is 1.52. The van der Waals surface area contributed by atoms with Crippen LogP contribution in [0, 0.1) is 0 Å². The number of amides is 1. The molecule has 2 atom stereocenters. The van der Waals surface area contributed by atoms with E-state index in [0.717, 1.165) is 13.0 Å². The lowest BCUT2D eigenvalue weighted by Gasteiger charge is -2.26. The Morgan fingerprint density at radius 2 is 2.21 bits per heavy atom. The molecule has 1 fully saturated rings. The van der Waals surface area contributed by atoms with E-state index in [4.69, 9.17) is 25.8 Å². The van der Waals surface area contributed by atoms with Crippen LogP contribution in [0.2, 0.25) is 5.02 Å². The number of carbonyl (C=O) groups is 1. The third kappa shape index (κ3) is 4.05. The number of nitrogens with zero attached hydrogens (tertiary/aromatic N) is 1. The molecule has 2 aliphatic heterocycles. The average molecular weight is 487 g/mol. The van der Waals surface area contributed by atoms with Gasteiger partial charge in [0.25, 0.3) is 5.91 Å². The predicted octanol–water partition coefficient (Wildman–Crippen LogP) is 4.45. The van der Waals surface area contributed by atoms with Gasteiger partial charge in [0, 0.05) is 42.9 Å². The zero-order valence-electron chi connectivity index (χ0n) is 18.5. The summed E-state index contributed by atoms with van der Waals surface area (Å²) < 4.78 is 30.8. The lowest BCUT2D eigenvalue weighted by molar-refractivity contribution is -0.0720. The molecule has 3 aromatic rings. The van der Waals surface area contributed by atoms with E-state index in [2.05, 4.69) is 20.6 Å². The van der Waals surface area contributed by atoms with Crippen LogP contribution < -0.4 is 20.1 Å². The first kappa shape index (κ1) is 22.5. The van der Waals surface area contributed by atoms with Crippen molar-refractivity contribution in [3.05, 3.63) is 52.9 Å². The van der Waals surface area contributed by atoms with E-state index in [9.17, 15) is 9.18 Å². The Morgan fingerprint density at radius 3 is 2.94 bits per heavy atom. The molecular weight excluding hydrogens is 463 g/mol. The van der Waals surface area contributed by atoms with Gasteiger partial charge in [0.1, 0.15) is 12.4 Å². The normalized spacial score (nSPS) is 19.1. The number of halogens is 2. The van der Waals surface area contributed by atoms with Crippen LogP contribution >= 0.6 is 11.6 Å². The SMILES string of the molecule is COc1c(Cl)cccc1Nc1c(-c2ccncc2OC[C@H]2CCO2)[nH]c2c1C(=O)NC[C@H]2CF. The lowest BCUT2D eigenvalue weighted by atomic mass is 9.97. The third-order valence-electron chi connectivity index (χ3n) is 6.06. The first-order chi connectivity index (χ1) is 16.6. The van der Waals surface area contributed by atoms with Crippen LogP contribution in [0.5, 0.6) is 11.5 Å². The molecule has 0 saturated carbocycles. The van der Waals surface area contributed by atoms with Gasteiger partial charge in [0.2, 0.25) is 0 Å². The summed E-state index contributed by atoms with van der Waals surface area (Å²) in [6.07, 6.45) is 4.23. The fraction of sp³-hybridized carbons (Fsp3) is 0.333. The minimum Gasteiger partial charge on any atom is -0.493 e. The average Bonchev–Trinajstić information content (AvgIpc) is 3.19. The van der Waals surface area contributed by atoms with Gasteiger partial charge in [-0.25, -0.2) is 0 Å². The minimum atomic E-state index is -0.619. The van der Waals surface area contributed by atoms with Crippen LogP contribution in [-0.4, -0.2) is 55.5 Å². The molecule has 4 heterocycles. The highest BCUT2D eigenvalue weighted by molar-refractivity contribution is 6.32. The standard InChI is InChI=1S/C24H24ClFN4O4/c1-32-23-16(25)3-2-4-17(23)29-22-19-20(13(9-26)10-28-24(19)31)30-21(22)15-5-7-27-11-18(15)34-12-14-6-8-33-14/h2-5,7,11,13-14,29-30H,6,8-10,12H2,1H3,(H,28,31)/t13-,14-/m1/s1. The molecule has 1 aromatic carbocycles. The number of H-pyrrole nitrogens is 1. The molecule has 2 aromatic heterocycles. The fourth-order valence-corrected chi connectivity index (χ4v) is 4.43. The quantitative estimate of drug-likeness (QED) is 0.435.